The van der Waals surface area contributed by atoms with Gasteiger partial charge in [0.2, 0.25) is 12.7 Å². The number of carbonyl (C=O) groups is 3. The fourth-order valence-corrected chi connectivity index (χ4v) is 3.99. The summed E-state index contributed by atoms with van der Waals surface area (Å²) in [4.78, 5) is 40.4. The topological polar surface area (TPSA) is 84.9 Å². The second kappa shape index (κ2) is 8.19. The predicted octanol–water partition coefficient (Wildman–Crippen LogP) is 2.94. The molecular formula is C25H20N2O5. The van der Waals surface area contributed by atoms with Crippen molar-refractivity contribution in [1.82, 2.24) is 10.2 Å². The van der Waals surface area contributed by atoms with Crippen LogP contribution in [0.15, 0.2) is 72.8 Å². The van der Waals surface area contributed by atoms with Crippen LogP contribution in [-0.4, -0.2) is 35.5 Å². The number of hydrogen-bond acceptors (Lipinski definition) is 5. The van der Waals surface area contributed by atoms with Crippen LogP contribution in [0, 0.1) is 0 Å². The molecular weight excluding hydrogens is 408 g/mol. The Bertz CT molecular complexity index is 1170. The van der Waals surface area contributed by atoms with Gasteiger partial charge in [-0.2, -0.15) is 0 Å². The summed E-state index contributed by atoms with van der Waals surface area (Å²) in [5.41, 5.74) is 2.31. The predicted molar refractivity (Wildman–Crippen MR) is 115 cm³/mol. The first kappa shape index (κ1) is 19.8. The molecule has 0 fully saturated rings. The fraction of sp³-hybridized carbons (Fsp3) is 0.160. The molecule has 7 nitrogen and oxygen atoms in total. The van der Waals surface area contributed by atoms with Crippen LogP contribution < -0.4 is 14.8 Å². The third kappa shape index (κ3) is 3.58. The van der Waals surface area contributed by atoms with Crippen LogP contribution in [0.2, 0.25) is 0 Å². The highest BCUT2D eigenvalue weighted by Gasteiger charge is 2.42. The lowest BCUT2D eigenvalue weighted by atomic mass is 10.0. The Morgan fingerprint density at radius 3 is 2.22 bits per heavy atom. The molecule has 7 heteroatoms. The van der Waals surface area contributed by atoms with Crippen LogP contribution in [0.25, 0.3) is 0 Å². The largest absolute Gasteiger partial charge is 0.454 e. The number of benzene rings is 3. The van der Waals surface area contributed by atoms with Crippen molar-refractivity contribution in [3.8, 4) is 11.5 Å². The lowest BCUT2D eigenvalue weighted by Crippen LogP contribution is -2.50. The maximum absolute atomic E-state index is 13.3. The Morgan fingerprint density at radius 2 is 1.50 bits per heavy atom. The third-order valence-corrected chi connectivity index (χ3v) is 5.62. The average Bonchev–Trinajstić information content (AvgIpc) is 3.39. The minimum Gasteiger partial charge on any atom is -0.454 e. The lowest BCUT2D eigenvalue weighted by molar-refractivity contribution is -0.125. The molecule has 0 bridgehead atoms. The van der Waals surface area contributed by atoms with E-state index in [2.05, 4.69) is 5.32 Å². The molecule has 3 aromatic carbocycles. The smallest absolute Gasteiger partial charge is 0.262 e. The summed E-state index contributed by atoms with van der Waals surface area (Å²) < 4.78 is 10.7. The van der Waals surface area contributed by atoms with Gasteiger partial charge in [0.1, 0.15) is 6.04 Å². The zero-order valence-electron chi connectivity index (χ0n) is 17.1. The zero-order chi connectivity index (χ0) is 22.1. The van der Waals surface area contributed by atoms with Crippen molar-refractivity contribution in [3.63, 3.8) is 0 Å². The standard InChI is InChI=1S/C25H20N2O5/c28-23(26-14-17-10-11-21-22(13-17)32-15-31-21)20(12-16-6-2-1-3-7-16)27-24(29)18-8-4-5-9-19(18)25(27)30/h1-11,13,20H,12,14-15H2,(H,26,28)/t20-/m1/s1. The van der Waals surface area contributed by atoms with Gasteiger partial charge in [-0.15, -0.1) is 0 Å². The summed E-state index contributed by atoms with van der Waals surface area (Å²) in [6.45, 7) is 0.397. The van der Waals surface area contributed by atoms with Gasteiger partial charge in [0.15, 0.2) is 11.5 Å². The summed E-state index contributed by atoms with van der Waals surface area (Å²) in [5.74, 6) is -0.0264. The van der Waals surface area contributed by atoms with Crippen LogP contribution in [0.1, 0.15) is 31.8 Å². The normalized spacial score (nSPS) is 14.9. The second-order valence-corrected chi connectivity index (χ2v) is 7.64. The molecule has 0 radical (unpaired) electrons. The van der Waals surface area contributed by atoms with E-state index in [1.165, 1.54) is 0 Å². The zero-order valence-corrected chi connectivity index (χ0v) is 17.1. The van der Waals surface area contributed by atoms with Gasteiger partial charge in [0.05, 0.1) is 11.1 Å². The van der Waals surface area contributed by atoms with Crippen molar-refractivity contribution in [1.29, 1.82) is 0 Å². The van der Waals surface area contributed by atoms with Gasteiger partial charge in [0, 0.05) is 13.0 Å². The number of carbonyl (C=O) groups excluding carboxylic acids is 3. The molecule has 0 unspecified atom stereocenters. The van der Waals surface area contributed by atoms with Crippen molar-refractivity contribution in [3.05, 3.63) is 95.1 Å². The minimum atomic E-state index is -0.973. The van der Waals surface area contributed by atoms with Gasteiger partial charge in [-0.05, 0) is 35.4 Å². The molecule has 1 N–H and O–H groups in total. The highest BCUT2D eigenvalue weighted by atomic mass is 16.7. The van der Waals surface area contributed by atoms with E-state index < -0.39 is 23.8 Å². The monoisotopic (exact) mass is 428 g/mol. The first-order valence-corrected chi connectivity index (χ1v) is 10.3. The number of imide groups is 1. The van der Waals surface area contributed by atoms with Gasteiger partial charge >= 0.3 is 0 Å². The average molecular weight is 428 g/mol. The Kier molecular flexibility index (Phi) is 5.07. The van der Waals surface area contributed by atoms with Crippen molar-refractivity contribution in [2.45, 2.75) is 19.0 Å². The van der Waals surface area contributed by atoms with E-state index in [0.29, 0.717) is 22.6 Å². The Morgan fingerprint density at radius 1 is 0.844 bits per heavy atom. The highest BCUT2D eigenvalue weighted by Crippen LogP contribution is 2.32. The van der Waals surface area contributed by atoms with E-state index in [4.69, 9.17) is 9.47 Å². The van der Waals surface area contributed by atoms with Gasteiger partial charge in [0.25, 0.3) is 11.8 Å². The molecule has 5 rings (SSSR count). The van der Waals surface area contributed by atoms with Crippen LogP contribution in [-0.2, 0) is 17.8 Å². The number of hydrogen-bond donors (Lipinski definition) is 1. The van der Waals surface area contributed by atoms with Crippen LogP contribution >= 0.6 is 0 Å². The second-order valence-electron chi connectivity index (χ2n) is 7.64. The molecule has 160 valence electrons. The third-order valence-electron chi connectivity index (χ3n) is 5.62. The minimum absolute atomic E-state index is 0.171. The first-order valence-electron chi connectivity index (χ1n) is 10.3. The number of nitrogens with zero attached hydrogens (tertiary/aromatic N) is 1. The molecule has 0 spiro atoms. The van der Waals surface area contributed by atoms with E-state index in [0.717, 1.165) is 16.0 Å². The molecule has 0 saturated heterocycles. The Balaban J connectivity index is 1.39. The summed E-state index contributed by atoms with van der Waals surface area (Å²) in [5, 5.41) is 2.87. The Labute approximate surface area is 184 Å². The van der Waals surface area contributed by atoms with Gasteiger partial charge in [-0.3, -0.25) is 19.3 Å². The number of amides is 3. The number of fused-ring (bicyclic) bond motifs is 2. The van der Waals surface area contributed by atoms with Crippen LogP contribution in [0.4, 0.5) is 0 Å². The van der Waals surface area contributed by atoms with Crippen molar-refractivity contribution in [2.75, 3.05) is 6.79 Å². The molecule has 32 heavy (non-hydrogen) atoms. The van der Waals surface area contributed by atoms with E-state index in [1.807, 2.05) is 36.4 Å². The number of nitrogens with one attached hydrogen (secondary N) is 1. The molecule has 2 aliphatic rings. The van der Waals surface area contributed by atoms with Crippen molar-refractivity contribution in [2.24, 2.45) is 0 Å². The van der Waals surface area contributed by atoms with Gasteiger partial charge in [-0.25, -0.2) is 0 Å². The molecule has 0 aliphatic carbocycles. The number of rotatable bonds is 6. The summed E-state index contributed by atoms with van der Waals surface area (Å²) in [6.07, 6.45) is 0.222. The molecule has 0 aromatic heterocycles. The van der Waals surface area contributed by atoms with Crippen molar-refractivity contribution >= 4 is 17.7 Å². The summed E-state index contributed by atoms with van der Waals surface area (Å²) in [7, 11) is 0. The van der Waals surface area contributed by atoms with Crippen LogP contribution in [0.3, 0.4) is 0 Å². The van der Waals surface area contributed by atoms with Crippen LogP contribution in [0.5, 0.6) is 11.5 Å². The Hall–Kier alpha value is -4.13. The maximum atomic E-state index is 13.3. The summed E-state index contributed by atoms with van der Waals surface area (Å²) >= 11 is 0. The molecule has 1 atom stereocenters. The summed E-state index contributed by atoms with van der Waals surface area (Å²) in [6, 6.07) is 20.4. The first-order chi connectivity index (χ1) is 15.6. The van der Waals surface area contributed by atoms with E-state index >= 15 is 0 Å². The molecule has 3 amide bonds. The molecule has 3 aromatic rings. The van der Waals surface area contributed by atoms with E-state index in [9.17, 15) is 14.4 Å². The van der Waals surface area contributed by atoms with E-state index in [-0.39, 0.29) is 19.8 Å². The maximum Gasteiger partial charge on any atom is 0.262 e. The quantitative estimate of drug-likeness (QED) is 0.611. The van der Waals surface area contributed by atoms with Gasteiger partial charge < -0.3 is 14.8 Å². The fourth-order valence-electron chi connectivity index (χ4n) is 3.99. The van der Waals surface area contributed by atoms with Crippen molar-refractivity contribution < 1.29 is 23.9 Å². The van der Waals surface area contributed by atoms with Gasteiger partial charge in [-0.1, -0.05) is 48.5 Å². The molecule has 2 aliphatic heterocycles. The highest BCUT2D eigenvalue weighted by molar-refractivity contribution is 6.22. The SMILES string of the molecule is O=C(NCc1ccc2c(c1)OCO2)[C@@H](Cc1ccccc1)N1C(=O)c2ccccc2C1=O. The molecule has 0 saturated carbocycles. The number of ether oxygens (including phenoxy) is 2. The molecule has 2 heterocycles. The lowest BCUT2D eigenvalue weighted by Gasteiger charge is -2.25. The van der Waals surface area contributed by atoms with E-state index in [1.54, 1.807) is 36.4 Å².